The van der Waals surface area contributed by atoms with Crippen molar-refractivity contribution >= 4 is 20.5 Å². The van der Waals surface area contributed by atoms with Gasteiger partial charge < -0.3 is 14.5 Å². The minimum Gasteiger partial charge on any atom is -0.441 e. The molecule has 2 heterocycles. The molecular weight excluding hydrogens is 380 g/mol. The Morgan fingerprint density at radius 3 is 2.93 bits per heavy atom. The van der Waals surface area contributed by atoms with E-state index < -0.39 is 8.07 Å². The molecule has 0 unspecified atom stereocenters. The average Bonchev–Trinajstić information content (AvgIpc) is 2.95. The third-order valence-corrected chi connectivity index (χ3v) is 6.95. The summed E-state index contributed by atoms with van der Waals surface area (Å²) in [4.78, 5) is 21.0. The Morgan fingerprint density at radius 2 is 2.21 bits per heavy atom. The van der Waals surface area contributed by atoms with Crippen LogP contribution in [-0.4, -0.2) is 61.7 Å². The topological polar surface area (TPSA) is 68.9 Å². The molecular formula is C22H32N4O2Si. The number of carbonyl (C=O) groups is 1. The van der Waals surface area contributed by atoms with Gasteiger partial charge >= 0.3 is 6.09 Å². The highest BCUT2D eigenvalue weighted by Gasteiger charge is 2.48. The molecule has 1 saturated carbocycles. The monoisotopic (exact) mass is 412 g/mol. The number of nitriles is 1. The van der Waals surface area contributed by atoms with Gasteiger partial charge in [-0.1, -0.05) is 26.2 Å². The summed E-state index contributed by atoms with van der Waals surface area (Å²) in [5, 5.41) is 9.25. The molecule has 1 saturated heterocycles. The van der Waals surface area contributed by atoms with E-state index in [1.54, 1.807) is 12.2 Å². The maximum Gasteiger partial charge on any atom is 0.410 e. The molecule has 3 rings (SSSR count). The molecule has 2 aliphatic heterocycles. The number of carbonyl (C=O) groups excluding carboxylic acids is 1. The van der Waals surface area contributed by atoms with Crippen LogP contribution in [0.25, 0.3) is 0 Å². The van der Waals surface area contributed by atoms with Crippen LogP contribution in [0.4, 0.5) is 4.79 Å². The van der Waals surface area contributed by atoms with Crippen molar-refractivity contribution in [2.45, 2.75) is 50.9 Å². The van der Waals surface area contributed by atoms with Gasteiger partial charge in [-0.25, -0.2) is 9.79 Å². The van der Waals surface area contributed by atoms with Crippen LogP contribution in [-0.2, 0) is 4.74 Å². The van der Waals surface area contributed by atoms with Crippen molar-refractivity contribution in [2.24, 2.45) is 10.9 Å². The normalized spacial score (nSPS) is 30.8. The van der Waals surface area contributed by atoms with Crippen LogP contribution in [0.2, 0.25) is 19.6 Å². The zero-order valence-electron chi connectivity index (χ0n) is 17.9. The molecule has 7 heteroatoms. The van der Waals surface area contributed by atoms with Crippen molar-refractivity contribution in [3.63, 3.8) is 0 Å². The Bertz CT molecular complexity index is 790. The van der Waals surface area contributed by atoms with E-state index in [0.29, 0.717) is 23.7 Å². The largest absolute Gasteiger partial charge is 0.441 e. The second-order valence-electron chi connectivity index (χ2n) is 9.72. The Kier molecular flexibility index (Phi) is 6.32. The quantitative estimate of drug-likeness (QED) is 0.652. The third kappa shape index (κ3) is 5.83. The summed E-state index contributed by atoms with van der Waals surface area (Å²) in [5.74, 6) is 0.427. The summed E-state index contributed by atoms with van der Waals surface area (Å²) >= 11 is 0. The van der Waals surface area contributed by atoms with Crippen molar-refractivity contribution in [3.8, 4) is 6.07 Å². The van der Waals surface area contributed by atoms with Gasteiger partial charge in [0.05, 0.1) is 32.7 Å². The lowest BCUT2D eigenvalue weighted by Crippen LogP contribution is -2.45. The molecule has 0 aromatic rings. The fraction of sp³-hybridized carbons (Fsp3) is 0.591. The molecule has 29 heavy (non-hydrogen) atoms. The third-order valence-electron chi connectivity index (χ3n) is 5.62. The van der Waals surface area contributed by atoms with Crippen LogP contribution < -0.4 is 0 Å². The molecule has 2 atom stereocenters. The van der Waals surface area contributed by atoms with Crippen LogP contribution >= 0.6 is 0 Å². The molecule has 156 valence electrons. The number of amides is 1. The second-order valence-corrected chi connectivity index (χ2v) is 15.2. The molecule has 1 spiro atoms. The summed E-state index contributed by atoms with van der Waals surface area (Å²) in [7, 11) is -1.38. The van der Waals surface area contributed by atoms with Crippen LogP contribution in [0.1, 0.15) is 25.7 Å². The smallest absolute Gasteiger partial charge is 0.410 e. The van der Waals surface area contributed by atoms with Crippen LogP contribution in [0.3, 0.4) is 0 Å². The number of allylic oxidation sites excluding steroid dienone is 3. The van der Waals surface area contributed by atoms with Crippen LogP contribution in [0.5, 0.6) is 0 Å². The van der Waals surface area contributed by atoms with E-state index in [-0.39, 0.29) is 11.7 Å². The number of nitrogens with zero attached hydrogens (tertiary/aromatic N) is 4. The van der Waals surface area contributed by atoms with E-state index in [1.165, 1.54) is 0 Å². The summed E-state index contributed by atoms with van der Waals surface area (Å²) in [6.07, 6.45) is 12.0. The molecule has 1 aliphatic carbocycles. The number of ether oxygens (including phenoxy) is 1. The van der Waals surface area contributed by atoms with E-state index >= 15 is 0 Å². The fourth-order valence-electron chi connectivity index (χ4n) is 4.47. The van der Waals surface area contributed by atoms with Crippen molar-refractivity contribution < 1.29 is 9.53 Å². The molecule has 3 aliphatic rings. The summed E-state index contributed by atoms with van der Waals surface area (Å²) in [6, 6.07) is 2.20. The van der Waals surface area contributed by atoms with Crippen LogP contribution in [0.15, 0.2) is 41.1 Å². The number of rotatable bonds is 4. The van der Waals surface area contributed by atoms with Gasteiger partial charge in [0.15, 0.2) is 0 Å². The second kappa shape index (κ2) is 8.58. The Hall–Kier alpha value is -2.33. The molecule has 2 fully saturated rings. The van der Waals surface area contributed by atoms with Crippen LogP contribution in [0, 0.1) is 17.2 Å². The molecule has 0 N–H and O–H groups in total. The van der Waals surface area contributed by atoms with Crippen molar-refractivity contribution in [1.29, 1.82) is 5.26 Å². The van der Waals surface area contributed by atoms with Gasteiger partial charge in [-0.15, -0.1) is 0 Å². The zero-order chi connectivity index (χ0) is 21.1. The molecule has 0 radical (unpaired) electrons. The van der Waals surface area contributed by atoms with Crippen molar-refractivity contribution in [2.75, 3.05) is 25.8 Å². The highest BCUT2D eigenvalue weighted by molar-refractivity contribution is 6.76. The first-order valence-corrected chi connectivity index (χ1v) is 14.1. The van der Waals surface area contributed by atoms with Gasteiger partial charge in [-0.3, -0.25) is 0 Å². The first kappa shape index (κ1) is 21.4. The number of aliphatic imine (C=N–C) groups is 1. The predicted molar refractivity (Wildman–Crippen MR) is 118 cm³/mol. The van der Waals surface area contributed by atoms with E-state index in [9.17, 15) is 10.1 Å². The van der Waals surface area contributed by atoms with E-state index in [4.69, 9.17) is 4.74 Å². The fourth-order valence-corrected chi connectivity index (χ4v) is 5.86. The molecule has 0 bridgehead atoms. The number of hydrogen-bond donors (Lipinski definition) is 0. The lowest BCUT2D eigenvalue weighted by atomic mass is 9.78. The van der Waals surface area contributed by atoms with Crippen molar-refractivity contribution in [3.05, 3.63) is 36.1 Å². The summed E-state index contributed by atoms with van der Waals surface area (Å²) in [6.45, 7) is 12.9. The zero-order valence-corrected chi connectivity index (χ0v) is 18.9. The summed E-state index contributed by atoms with van der Waals surface area (Å²) in [5.41, 5.74) is 0.910. The van der Waals surface area contributed by atoms with E-state index in [0.717, 1.165) is 44.9 Å². The first-order valence-electron chi connectivity index (χ1n) is 10.4. The van der Waals surface area contributed by atoms with Crippen molar-refractivity contribution in [1.82, 2.24) is 9.80 Å². The van der Waals surface area contributed by atoms with Gasteiger partial charge in [0.2, 0.25) is 0 Å². The highest BCUT2D eigenvalue weighted by Crippen LogP contribution is 2.40. The number of hydrogen-bond acceptors (Lipinski definition) is 5. The maximum absolute atomic E-state index is 12.5. The minimum atomic E-state index is -1.38. The van der Waals surface area contributed by atoms with Gasteiger partial charge in [0.25, 0.3) is 0 Å². The lowest BCUT2D eigenvalue weighted by molar-refractivity contribution is 0.00410. The minimum absolute atomic E-state index is 0.138. The molecule has 0 aromatic carbocycles. The average molecular weight is 413 g/mol. The van der Waals surface area contributed by atoms with Gasteiger partial charge in [-0.05, 0) is 49.8 Å². The van der Waals surface area contributed by atoms with Gasteiger partial charge in [0.1, 0.15) is 5.60 Å². The molecule has 0 aromatic heterocycles. The SMILES string of the molecule is C=C1/C=C\C(C#N)=C/CN(C[C@H]2CCC[C@]3(C2)CN(C[Si](C)(C)C)C(=O)O3)C=N1. The first-order chi connectivity index (χ1) is 13.7. The maximum atomic E-state index is 12.5. The highest BCUT2D eigenvalue weighted by atomic mass is 28.3. The molecule has 1 amide bonds. The summed E-state index contributed by atoms with van der Waals surface area (Å²) < 4.78 is 5.96. The predicted octanol–water partition coefficient (Wildman–Crippen LogP) is 4.11. The Morgan fingerprint density at radius 1 is 1.41 bits per heavy atom. The van der Waals surface area contributed by atoms with Gasteiger partial charge in [-0.2, -0.15) is 5.26 Å². The van der Waals surface area contributed by atoms with E-state index in [1.807, 2.05) is 17.3 Å². The Labute approximate surface area is 175 Å². The molecule has 6 nitrogen and oxygen atoms in total. The van der Waals surface area contributed by atoms with E-state index in [2.05, 4.69) is 42.2 Å². The standard InChI is InChI=1S/C22H32N4O2Si/c1-18-7-8-19(13-23)9-11-25(16-24-18)14-20-6-5-10-22(12-20)15-26(21(27)28-22)17-29(2,3)4/h7-9,16,20H,1,5-6,10-12,14-15,17H2,2-4H3/b8-7-,19-9+,24-16?/t20-,22-/m0/s1. The van der Waals surface area contributed by atoms with Gasteiger partial charge in [0, 0.05) is 24.8 Å². The Balaban J connectivity index is 1.66. The lowest BCUT2D eigenvalue weighted by Gasteiger charge is -2.37.